The Labute approximate surface area is 124 Å². The second-order valence-corrected chi connectivity index (χ2v) is 4.98. The number of nitrogens with one attached hydrogen (secondary N) is 2. The van der Waals surface area contributed by atoms with Crippen molar-refractivity contribution in [3.05, 3.63) is 42.3 Å². The average Bonchev–Trinajstić information content (AvgIpc) is 2.44. The summed E-state index contributed by atoms with van der Waals surface area (Å²) in [6, 6.07) is 8.01. The number of halogens is 1. The SMILES string of the molecule is CN(C)CCCNc1nccc(Nc2cccc(F)c2)n1. The molecule has 112 valence electrons. The maximum atomic E-state index is 13.1. The highest BCUT2D eigenvalue weighted by Crippen LogP contribution is 2.15. The monoisotopic (exact) mass is 289 g/mol. The minimum atomic E-state index is -0.281. The van der Waals surface area contributed by atoms with Crippen molar-refractivity contribution in [2.24, 2.45) is 0 Å². The van der Waals surface area contributed by atoms with Gasteiger partial charge in [0.25, 0.3) is 0 Å². The summed E-state index contributed by atoms with van der Waals surface area (Å²) in [5.41, 5.74) is 0.659. The molecule has 1 aromatic carbocycles. The average molecular weight is 289 g/mol. The van der Waals surface area contributed by atoms with Crippen LogP contribution in [0, 0.1) is 5.82 Å². The highest BCUT2D eigenvalue weighted by Gasteiger charge is 2.01. The second kappa shape index (κ2) is 7.54. The molecule has 0 amide bonds. The highest BCUT2D eigenvalue weighted by molar-refractivity contribution is 5.56. The van der Waals surface area contributed by atoms with Crippen LogP contribution in [0.25, 0.3) is 0 Å². The first-order chi connectivity index (χ1) is 10.1. The molecule has 0 aliphatic carbocycles. The van der Waals surface area contributed by atoms with Gasteiger partial charge in [-0.1, -0.05) is 6.07 Å². The fraction of sp³-hybridized carbons (Fsp3) is 0.333. The molecular formula is C15H20FN5. The summed E-state index contributed by atoms with van der Waals surface area (Å²) >= 11 is 0. The van der Waals surface area contributed by atoms with Gasteiger partial charge in [0, 0.05) is 18.4 Å². The van der Waals surface area contributed by atoms with Crippen molar-refractivity contribution >= 4 is 17.5 Å². The van der Waals surface area contributed by atoms with E-state index >= 15 is 0 Å². The summed E-state index contributed by atoms with van der Waals surface area (Å²) in [7, 11) is 4.08. The topological polar surface area (TPSA) is 53.1 Å². The zero-order chi connectivity index (χ0) is 15.1. The Hall–Kier alpha value is -2.21. The number of aromatic nitrogens is 2. The van der Waals surface area contributed by atoms with E-state index in [1.165, 1.54) is 12.1 Å². The summed E-state index contributed by atoms with van der Waals surface area (Å²) in [6.45, 7) is 1.82. The van der Waals surface area contributed by atoms with E-state index in [0.717, 1.165) is 19.5 Å². The molecule has 1 heterocycles. The maximum Gasteiger partial charge on any atom is 0.224 e. The smallest absolute Gasteiger partial charge is 0.224 e. The second-order valence-electron chi connectivity index (χ2n) is 4.98. The molecule has 2 rings (SSSR count). The van der Waals surface area contributed by atoms with Gasteiger partial charge in [-0.25, -0.2) is 9.37 Å². The van der Waals surface area contributed by atoms with Gasteiger partial charge in [0.15, 0.2) is 0 Å². The lowest BCUT2D eigenvalue weighted by molar-refractivity contribution is 0.405. The van der Waals surface area contributed by atoms with Crippen molar-refractivity contribution in [2.75, 3.05) is 37.8 Å². The summed E-state index contributed by atoms with van der Waals surface area (Å²) in [4.78, 5) is 10.6. The van der Waals surface area contributed by atoms with Crippen molar-refractivity contribution < 1.29 is 4.39 Å². The molecule has 0 bridgehead atoms. The summed E-state index contributed by atoms with van der Waals surface area (Å²) in [6.07, 6.45) is 2.68. The Morgan fingerprint density at radius 2 is 2.10 bits per heavy atom. The maximum absolute atomic E-state index is 13.1. The third-order valence-corrected chi connectivity index (χ3v) is 2.82. The number of nitrogens with zero attached hydrogens (tertiary/aromatic N) is 3. The molecule has 0 aliphatic heterocycles. The van der Waals surface area contributed by atoms with E-state index in [1.807, 2.05) is 14.1 Å². The van der Waals surface area contributed by atoms with Crippen molar-refractivity contribution in [1.82, 2.24) is 14.9 Å². The van der Waals surface area contributed by atoms with Crippen LogP contribution in [0.15, 0.2) is 36.5 Å². The van der Waals surface area contributed by atoms with Gasteiger partial charge < -0.3 is 15.5 Å². The van der Waals surface area contributed by atoms with Gasteiger partial charge in [-0.15, -0.1) is 0 Å². The van der Waals surface area contributed by atoms with Crippen LogP contribution in [0.5, 0.6) is 0 Å². The lowest BCUT2D eigenvalue weighted by Gasteiger charge is -2.10. The number of rotatable bonds is 7. The Morgan fingerprint density at radius 1 is 1.24 bits per heavy atom. The number of benzene rings is 1. The van der Waals surface area contributed by atoms with Crippen molar-refractivity contribution in [2.45, 2.75) is 6.42 Å². The molecule has 0 aliphatic rings. The number of hydrogen-bond acceptors (Lipinski definition) is 5. The van der Waals surface area contributed by atoms with Gasteiger partial charge in [0.2, 0.25) is 5.95 Å². The van der Waals surface area contributed by atoms with E-state index in [-0.39, 0.29) is 5.82 Å². The minimum absolute atomic E-state index is 0.281. The Morgan fingerprint density at radius 3 is 2.86 bits per heavy atom. The molecule has 5 nitrogen and oxygen atoms in total. The van der Waals surface area contributed by atoms with Crippen LogP contribution >= 0.6 is 0 Å². The fourth-order valence-electron chi connectivity index (χ4n) is 1.82. The van der Waals surface area contributed by atoms with E-state index in [9.17, 15) is 4.39 Å². The lowest BCUT2D eigenvalue weighted by atomic mass is 10.3. The molecule has 0 unspecified atom stereocenters. The van der Waals surface area contributed by atoms with Gasteiger partial charge in [-0.3, -0.25) is 0 Å². The van der Waals surface area contributed by atoms with Gasteiger partial charge in [0.1, 0.15) is 11.6 Å². The van der Waals surface area contributed by atoms with Crippen LogP contribution in [-0.2, 0) is 0 Å². The molecule has 0 fully saturated rings. The molecule has 0 spiro atoms. The van der Waals surface area contributed by atoms with Crippen molar-refractivity contribution in [3.8, 4) is 0 Å². The third kappa shape index (κ3) is 5.35. The molecule has 0 atom stereocenters. The van der Waals surface area contributed by atoms with Crippen LogP contribution in [0.4, 0.5) is 21.8 Å². The minimum Gasteiger partial charge on any atom is -0.354 e. The van der Waals surface area contributed by atoms with E-state index in [0.29, 0.717) is 17.5 Å². The first-order valence-electron chi connectivity index (χ1n) is 6.88. The van der Waals surface area contributed by atoms with E-state index in [1.54, 1.807) is 24.4 Å². The first-order valence-corrected chi connectivity index (χ1v) is 6.88. The quantitative estimate of drug-likeness (QED) is 0.768. The summed E-state index contributed by atoms with van der Waals surface area (Å²) in [5.74, 6) is 0.914. The molecule has 21 heavy (non-hydrogen) atoms. The van der Waals surface area contributed by atoms with E-state index in [2.05, 4.69) is 25.5 Å². The van der Waals surface area contributed by atoms with Crippen molar-refractivity contribution in [3.63, 3.8) is 0 Å². The van der Waals surface area contributed by atoms with Gasteiger partial charge in [-0.05, 0) is 51.3 Å². The largest absolute Gasteiger partial charge is 0.354 e. The molecule has 6 heteroatoms. The predicted octanol–water partition coefficient (Wildman–Crippen LogP) is 2.72. The molecule has 2 N–H and O–H groups in total. The molecule has 0 saturated heterocycles. The Bertz CT molecular complexity index is 573. The van der Waals surface area contributed by atoms with E-state index < -0.39 is 0 Å². The number of hydrogen-bond donors (Lipinski definition) is 2. The predicted molar refractivity (Wildman–Crippen MR) is 83.4 cm³/mol. The Balaban J connectivity index is 1.91. The van der Waals surface area contributed by atoms with Crippen molar-refractivity contribution in [1.29, 1.82) is 0 Å². The number of anilines is 3. The van der Waals surface area contributed by atoms with Crippen LogP contribution < -0.4 is 10.6 Å². The van der Waals surface area contributed by atoms with Crippen LogP contribution in [0.1, 0.15) is 6.42 Å². The standard InChI is InChI=1S/C15H20FN5/c1-21(2)10-4-8-17-15-18-9-7-14(20-15)19-13-6-3-5-12(16)11-13/h3,5-7,9,11H,4,8,10H2,1-2H3,(H2,17,18,19,20). The molecule has 1 aromatic heterocycles. The highest BCUT2D eigenvalue weighted by atomic mass is 19.1. The van der Waals surface area contributed by atoms with Gasteiger partial charge >= 0.3 is 0 Å². The van der Waals surface area contributed by atoms with E-state index in [4.69, 9.17) is 0 Å². The lowest BCUT2D eigenvalue weighted by Crippen LogP contribution is -2.17. The van der Waals surface area contributed by atoms with Crippen LogP contribution in [0.2, 0.25) is 0 Å². The van der Waals surface area contributed by atoms with Gasteiger partial charge in [0.05, 0.1) is 0 Å². The molecule has 0 saturated carbocycles. The van der Waals surface area contributed by atoms with Crippen LogP contribution in [0.3, 0.4) is 0 Å². The summed E-state index contributed by atoms with van der Waals surface area (Å²) < 4.78 is 13.1. The van der Waals surface area contributed by atoms with Gasteiger partial charge in [-0.2, -0.15) is 4.98 Å². The molecule has 2 aromatic rings. The van der Waals surface area contributed by atoms with Crippen LogP contribution in [-0.4, -0.2) is 42.1 Å². The first kappa shape index (κ1) is 15.2. The Kier molecular flexibility index (Phi) is 5.45. The molecule has 0 radical (unpaired) electrons. The third-order valence-electron chi connectivity index (χ3n) is 2.82. The fourth-order valence-corrected chi connectivity index (χ4v) is 1.82. The normalized spacial score (nSPS) is 10.7. The summed E-state index contributed by atoms with van der Waals surface area (Å²) in [5, 5.41) is 6.23. The molecular weight excluding hydrogens is 269 g/mol. The zero-order valence-corrected chi connectivity index (χ0v) is 12.3. The zero-order valence-electron chi connectivity index (χ0n) is 12.3.